The number of urea groups is 1. The first kappa shape index (κ1) is 27.5. The van der Waals surface area contributed by atoms with Crippen LogP contribution in [0.1, 0.15) is 30.0 Å². The molecule has 0 saturated carbocycles. The first-order chi connectivity index (χ1) is 19.5. The molecule has 2 amide bonds. The lowest BCUT2D eigenvalue weighted by Gasteiger charge is -2.39. The highest BCUT2D eigenvalue weighted by molar-refractivity contribution is 6.33. The molecular weight excluding hydrogens is 566 g/mol. The summed E-state index contributed by atoms with van der Waals surface area (Å²) in [5, 5.41) is 2.87. The quantitative estimate of drug-likeness (QED) is 0.375. The lowest BCUT2D eigenvalue weighted by Crippen LogP contribution is -2.52. The second kappa shape index (κ2) is 10.6. The van der Waals surface area contributed by atoms with Crippen molar-refractivity contribution in [1.29, 1.82) is 0 Å². The molecule has 2 fully saturated rings. The van der Waals surface area contributed by atoms with Gasteiger partial charge in [-0.2, -0.15) is 13.2 Å². The zero-order chi connectivity index (χ0) is 28.9. The monoisotopic (exact) mass is 591 g/mol. The molecule has 3 aliphatic rings. The number of alkyl halides is 3. The molecule has 0 radical (unpaired) electrons. The number of hydrogen-bond acceptors (Lipinski definition) is 5. The first-order valence-electron chi connectivity index (χ1n) is 13.2. The van der Waals surface area contributed by atoms with Gasteiger partial charge in [-0.25, -0.2) is 14.2 Å². The number of aromatic amines is 1. The number of H-pyrrole nitrogens is 1. The number of aromatic nitrogens is 2. The molecule has 3 aromatic rings. The van der Waals surface area contributed by atoms with Crippen molar-refractivity contribution >= 4 is 23.3 Å². The fraction of sp³-hybridized carbons (Fsp3) is 0.393. The summed E-state index contributed by atoms with van der Waals surface area (Å²) in [6, 6.07) is 6.68. The van der Waals surface area contributed by atoms with Crippen molar-refractivity contribution in [3.8, 4) is 17.0 Å². The largest absolute Gasteiger partial charge is 0.477 e. The number of fused-ring (bicyclic) bond motifs is 4. The standard InChI is InChI=1S/C28H26ClF4N5O3/c29-21-8-23(36-27(40)38-18-2-3-24(38)20-10-34-25(39)6-17(20)5-18)22(30)7-19(21)16-1-4-26(35-9-16)41-13-15-11-37(12-15)14-28(31,32)33/h1,4,6-10,15,18,24H,2-3,5,11-14H2,(H,34,39)(H,36,40)/t18-,24+/m0/s1. The predicted molar refractivity (Wildman–Crippen MR) is 144 cm³/mol. The number of nitrogens with one attached hydrogen (secondary N) is 2. The molecule has 2 saturated heterocycles. The van der Waals surface area contributed by atoms with E-state index in [9.17, 15) is 22.8 Å². The predicted octanol–water partition coefficient (Wildman–Crippen LogP) is 5.40. The average molecular weight is 592 g/mol. The van der Waals surface area contributed by atoms with Crippen LogP contribution in [-0.4, -0.2) is 64.3 Å². The number of rotatable bonds is 6. The number of amides is 2. The SMILES string of the molecule is O=C(Nc1cc(Cl)c(-c2ccc(OCC3CN(CC(F)(F)F)C3)nc2)cc1F)N1[C@H]2CC[C@@H]1c1c[nH]c(=O)cc1C2. The number of carbonyl (C=O) groups is 1. The van der Waals surface area contributed by atoms with Crippen LogP contribution in [-0.2, 0) is 6.42 Å². The lowest BCUT2D eigenvalue weighted by molar-refractivity contribution is -0.160. The van der Waals surface area contributed by atoms with Crippen LogP contribution in [0, 0.1) is 11.7 Å². The molecule has 2 N–H and O–H groups in total. The summed E-state index contributed by atoms with van der Waals surface area (Å²) < 4.78 is 58.1. The van der Waals surface area contributed by atoms with Gasteiger partial charge in [0.05, 0.1) is 29.9 Å². The maximum absolute atomic E-state index is 15.2. The summed E-state index contributed by atoms with van der Waals surface area (Å²) in [4.78, 5) is 34.9. The Kier molecular flexibility index (Phi) is 7.14. The van der Waals surface area contributed by atoms with Gasteiger partial charge in [0, 0.05) is 60.7 Å². The molecule has 1 aromatic carbocycles. The van der Waals surface area contributed by atoms with Crippen molar-refractivity contribution in [2.45, 2.75) is 37.5 Å². The molecule has 2 bridgehead atoms. The van der Waals surface area contributed by atoms with Gasteiger partial charge >= 0.3 is 12.2 Å². The first-order valence-corrected chi connectivity index (χ1v) is 13.6. The third-order valence-corrected chi connectivity index (χ3v) is 8.16. The zero-order valence-electron chi connectivity index (χ0n) is 21.7. The molecule has 2 aromatic heterocycles. The minimum Gasteiger partial charge on any atom is -0.477 e. The Morgan fingerprint density at radius 2 is 2.00 bits per heavy atom. The van der Waals surface area contributed by atoms with Crippen molar-refractivity contribution in [3.63, 3.8) is 0 Å². The summed E-state index contributed by atoms with van der Waals surface area (Å²) in [6.07, 6.45) is 1.01. The van der Waals surface area contributed by atoms with E-state index in [1.54, 1.807) is 29.3 Å². The highest BCUT2D eigenvalue weighted by Gasteiger charge is 2.43. The summed E-state index contributed by atoms with van der Waals surface area (Å²) in [7, 11) is 0. The van der Waals surface area contributed by atoms with Crippen LogP contribution in [0.3, 0.4) is 0 Å². The number of nitrogens with zero attached hydrogens (tertiary/aromatic N) is 3. The summed E-state index contributed by atoms with van der Waals surface area (Å²) >= 11 is 6.48. The van der Waals surface area contributed by atoms with E-state index in [1.165, 1.54) is 23.2 Å². The summed E-state index contributed by atoms with van der Waals surface area (Å²) in [5.41, 5.74) is 2.51. The van der Waals surface area contributed by atoms with Gasteiger partial charge in [-0.1, -0.05) is 11.6 Å². The van der Waals surface area contributed by atoms with Crippen LogP contribution in [0.25, 0.3) is 11.1 Å². The Morgan fingerprint density at radius 1 is 1.20 bits per heavy atom. The van der Waals surface area contributed by atoms with E-state index in [0.29, 0.717) is 36.5 Å². The molecule has 216 valence electrons. The summed E-state index contributed by atoms with van der Waals surface area (Å²) in [6.45, 7) is -0.0644. The van der Waals surface area contributed by atoms with Gasteiger partial charge in [0.1, 0.15) is 5.82 Å². The molecule has 13 heteroatoms. The molecular formula is C28H26ClF4N5O3. The molecule has 5 heterocycles. The Hall–Kier alpha value is -3.64. The van der Waals surface area contributed by atoms with E-state index in [-0.39, 0.29) is 40.9 Å². The normalized spacial score (nSPS) is 20.5. The molecule has 8 nitrogen and oxygen atoms in total. The van der Waals surface area contributed by atoms with Gasteiger partial charge in [0.2, 0.25) is 11.4 Å². The van der Waals surface area contributed by atoms with Gasteiger partial charge in [0.25, 0.3) is 0 Å². The number of carbonyl (C=O) groups excluding carboxylic acids is 1. The maximum Gasteiger partial charge on any atom is 0.401 e. The third-order valence-electron chi connectivity index (χ3n) is 7.85. The van der Waals surface area contributed by atoms with Crippen molar-refractivity contribution in [1.82, 2.24) is 19.8 Å². The Morgan fingerprint density at radius 3 is 2.73 bits per heavy atom. The fourth-order valence-electron chi connectivity index (χ4n) is 6.00. The second-order valence-corrected chi connectivity index (χ2v) is 11.2. The molecule has 3 aliphatic heterocycles. The highest BCUT2D eigenvalue weighted by Crippen LogP contribution is 2.43. The van der Waals surface area contributed by atoms with Crippen molar-refractivity contribution in [2.24, 2.45) is 5.92 Å². The minimum atomic E-state index is -4.21. The number of anilines is 1. The van der Waals surface area contributed by atoms with Gasteiger partial charge in [0.15, 0.2) is 0 Å². The van der Waals surface area contributed by atoms with Crippen LogP contribution < -0.4 is 15.6 Å². The zero-order valence-corrected chi connectivity index (χ0v) is 22.4. The third kappa shape index (κ3) is 5.76. The Bertz CT molecular complexity index is 1520. The van der Waals surface area contributed by atoms with Crippen LogP contribution in [0.2, 0.25) is 5.02 Å². The van der Waals surface area contributed by atoms with E-state index in [2.05, 4.69) is 15.3 Å². The number of halogens is 5. The number of pyridine rings is 2. The van der Waals surface area contributed by atoms with Crippen LogP contribution in [0.5, 0.6) is 5.88 Å². The Labute approximate surface area is 237 Å². The van der Waals surface area contributed by atoms with E-state index < -0.39 is 24.6 Å². The van der Waals surface area contributed by atoms with Crippen LogP contribution in [0.15, 0.2) is 47.5 Å². The van der Waals surface area contributed by atoms with Gasteiger partial charge in [-0.05, 0) is 48.6 Å². The van der Waals surface area contributed by atoms with E-state index in [0.717, 1.165) is 24.0 Å². The molecule has 41 heavy (non-hydrogen) atoms. The smallest absolute Gasteiger partial charge is 0.401 e. The van der Waals surface area contributed by atoms with Gasteiger partial charge < -0.3 is 19.9 Å². The van der Waals surface area contributed by atoms with Crippen molar-refractivity contribution in [3.05, 3.63) is 75.0 Å². The molecule has 0 spiro atoms. The molecule has 6 rings (SSSR count). The molecule has 0 aliphatic carbocycles. The number of likely N-dealkylation sites (tertiary alicyclic amines) is 1. The fourth-order valence-corrected chi connectivity index (χ4v) is 6.27. The number of hydrogen-bond donors (Lipinski definition) is 2. The van der Waals surface area contributed by atoms with Crippen LogP contribution in [0.4, 0.5) is 28.0 Å². The van der Waals surface area contributed by atoms with Gasteiger partial charge in [-0.15, -0.1) is 0 Å². The average Bonchev–Trinajstić information content (AvgIpc) is 3.21. The topological polar surface area (TPSA) is 90.6 Å². The minimum absolute atomic E-state index is 0.0102. The van der Waals surface area contributed by atoms with Crippen LogP contribution >= 0.6 is 11.6 Å². The van der Waals surface area contributed by atoms with E-state index in [1.807, 2.05) is 0 Å². The number of ether oxygens (including phenoxy) is 1. The second-order valence-electron chi connectivity index (χ2n) is 10.7. The van der Waals surface area contributed by atoms with Crippen molar-refractivity contribution < 1.29 is 27.1 Å². The van der Waals surface area contributed by atoms with Gasteiger partial charge in [-0.3, -0.25) is 9.69 Å². The van der Waals surface area contributed by atoms with Crippen molar-refractivity contribution in [2.75, 3.05) is 31.6 Å². The summed E-state index contributed by atoms with van der Waals surface area (Å²) in [5.74, 6) is -0.380. The Balaban J connectivity index is 1.08. The molecule has 2 atom stereocenters. The number of benzene rings is 1. The van der Waals surface area contributed by atoms with E-state index >= 15 is 4.39 Å². The lowest BCUT2D eigenvalue weighted by atomic mass is 9.95. The highest BCUT2D eigenvalue weighted by atomic mass is 35.5. The molecule has 0 unspecified atom stereocenters. The van der Waals surface area contributed by atoms with E-state index in [4.69, 9.17) is 16.3 Å². The maximum atomic E-state index is 15.2.